The van der Waals surface area contributed by atoms with Crippen LogP contribution < -0.4 is 10.5 Å². The first-order chi connectivity index (χ1) is 8.99. The monoisotopic (exact) mass is 260 g/mol. The van der Waals surface area contributed by atoms with Crippen LogP contribution in [0.5, 0.6) is 5.75 Å². The lowest BCUT2D eigenvalue weighted by molar-refractivity contribution is -0.0357. The Balaban J connectivity index is 1.90. The Labute approximate surface area is 115 Å². The van der Waals surface area contributed by atoms with Crippen LogP contribution in [0.15, 0.2) is 18.2 Å². The normalized spacial score (nSPS) is 34.9. The van der Waals surface area contributed by atoms with Crippen molar-refractivity contribution in [3.8, 4) is 5.75 Å². The number of ether oxygens (including phenoxy) is 1. The second-order valence-electron chi connectivity index (χ2n) is 6.42. The lowest BCUT2D eigenvalue weighted by atomic mass is 9.78. The van der Waals surface area contributed by atoms with E-state index in [2.05, 4.69) is 44.0 Å². The summed E-state index contributed by atoms with van der Waals surface area (Å²) in [5, 5.41) is 0. The van der Waals surface area contributed by atoms with Crippen molar-refractivity contribution in [1.29, 1.82) is 0 Å². The lowest BCUT2D eigenvalue weighted by Crippen LogP contribution is -2.53. The van der Waals surface area contributed by atoms with Gasteiger partial charge >= 0.3 is 0 Å². The van der Waals surface area contributed by atoms with Gasteiger partial charge in [-0.2, -0.15) is 0 Å². The first-order valence-electron chi connectivity index (χ1n) is 7.24. The maximum absolute atomic E-state index is 6.41. The molecule has 1 aromatic rings. The fourth-order valence-corrected chi connectivity index (χ4v) is 3.51. The molecule has 0 bridgehead atoms. The maximum atomic E-state index is 6.41. The van der Waals surface area contributed by atoms with E-state index in [-0.39, 0.29) is 11.6 Å². The minimum absolute atomic E-state index is 0.0480. The van der Waals surface area contributed by atoms with E-state index in [1.807, 2.05) is 0 Å². The predicted molar refractivity (Wildman–Crippen MR) is 77.4 cm³/mol. The van der Waals surface area contributed by atoms with Crippen molar-refractivity contribution in [3.63, 3.8) is 0 Å². The van der Waals surface area contributed by atoms with Crippen molar-refractivity contribution in [1.82, 2.24) is 4.90 Å². The summed E-state index contributed by atoms with van der Waals surface area (Å²) in [6, 6.07) is 7.05. The van der Waals surface area contributed by atoms with Crippen molar-refractivity contribution >= 4 is 0 Å². The van der Waals surface area contributed by atoms with Crippen molar-refractivity contribution < 1.29 is 4.74 Å². The van der Waals surface area contributed by atoms with Crippen molar-refractivity contribution in [3.05, 3.63) is 29.3 Å². The number of piperidine rings is 1. The Bertz CT molecular complexity index is 488. The summed E-state index contributed by atoms with van der Waals surface area (Å²) < 4.78 is 6.40. The standard InChI is InChI=1S/C16H24N2O/c1-11-4-5-15-13(8-11)14(17)10-16(19-15)6-7-18(3)12(2)9-16/h4-5,8,12,14H,6-7,9-10,17H2,1-3H3. The van der Waals surface area contributed by atoms with Gasteiger partial charge in [0.2, 0.25) is 0 Å². The molecule has 3 heteroatoms. The lowest BCUT2D eigenvalue weighted by Gasteiger charge is -2.48. The molecule has 0 aromatic heterocycles. The Hall–Kier alpha value is -1.06. The van der Waals surface area contributed by atoms with Gasteiger partial charge < -0.3 is 15.4 Å². The molecule has 2 N–H and O–H groups in total. The number of aryl methyl sites for hydroxylation is 1. The Kier molecular flexibility index (Phi) is 3.06. The van der Waals surface area contributed by atoms with E-state index in [0.717, 1.165) is 31.6 Å². The molecule has 1 fully saturated rings. The third-order valence-corrected chi connectivity index (χ3v) is 4.82. The van der Waals surface area contributed by atoms with Crippen LogP contribution in [0.3, 0.4) is 0 Å². The zero-order valence-electron chi connectivity index (χ0n) is 12.1. The fourth-order valence-electron chi connectivity index (χ4n) is 3.51. The summed E-state index contributed by atoms with van der Waals surface area (Å²) in [6.45, 7) is 5.48. The molecule has 3 nitrogen and oxygen atoms in total. The van der Waals surface area contributed by atoms with Crippen LogP contribution in [-0.2, 0) is 0 Å². The van der Waals surface area contributed by atoms with Gasteiger partial charge in [-0.15, -0.1) is 0 Å². The number of benzene rings is 1. The minimum atomic E-state index is -0.0480. The fraction of sp³-hybridized carbons (Fsp3) is 0.625. The summed E-state index contributed by atoms with van der Waals surface area (Å²) in [4.78, 5) is 2.41. The third kappa shape index (κ3) is 2.26. The maximum Gasteiger partial charge on any atom is 0.124 e. The van der Waals surface area contributed by atoms with Crippen LogP contribution in [0, 0.1) is 6.92 Å². The van der Waals surface area contributed by atoms with Gasteiger partial charge in [0.15, 0.2) is 0 Å². The van der Waals surface area contributed by atoms with Gasteiger partial charge in [-0.3, -0.25) is 0 Å². The number of hydrogen-bond acceptors (Lipinski definition) is 3. The van der Waals surface area contributed by atoms with E-state index in [1.54, 1.807) is 0 Å². The van der Waals surface area contributed by atoms with Gasteiger partial charge in [-0.05, 0) is 33.4 Å². The number of hydrogen-bond donors (Lipinski definition) is 1. The SMILES string of the molecule is Cc1ccc2c(c1)C(N)CC1(CCN(C)C(C)C1)O2. The van der Waals surface area contributed by atoms with Crippen LogP contribution >= 0.6 is 0 Å². The average Bonchev–Trinajstić information content (AvgIpc) is 2.36. The molecule has 3 atom stereocenters. The van der Waals surface area contributed by atoms with Gasteiger partial charge in [0, 0.05) is 37.0 Å². The first kappa shape index (κ1) is 12.9. The van der Waals surface area contributed by atoms with Gasteiger partial charge in [0.1, 0.15) is 11.4 Å². The molecule has 0 aliphatic carbocycles. The smallest absolute Gasteiger partial charge is 0.124 e. The molecule has 2 aliphatic rings. The predicted octanol–water partition coefficient (Wildman–Crippen LogP) is 2.63. The Morgan fingerprint density at radius 3 is 2.89 bits per heavy atom. The van der Waals surface area contributed by atoms with Crippen LogP contribution in [0.25, 0.3) is 0 Å². The third-order valence-electron chi connectivity index (χ3n) is 4.82. The van der Waals surface area contributed by atoms with E-state index in [4.69, 9.17) is 10.5 Å². The number of rotatable bonds is 0. The summed E-state index contributed by atoms with van der Waals surface area (Å²) in [7, 11) is 2.19. The molecule has 0 radical (unpaired) electrons. The Morgan fingerprint density at radius 1 is 1.37 bits per heavy atom. The molecule has 19 heavy (non-hydrogen) atoms. The topological polar surface area (TPSA) is 38.5 Å². The van der Waals surface area contributed by atoms with Crippen molar-refractivity contribution in [2.24, 2.45) is 5.73 Å². The highest BCUT2D eigenvalue weighted by molar-refractivity contribution is 5.41. The second-order valence-corrected chi connectivity index (χ2v) is 6.42. The molecule has 1 saturated heterocycles. The molecule has 1 spiro atoms. The van der Waals surface area contributed by atoms with Gasteiger partial charge in [0.05, 0.1) is 0 Å². The van der Waals surface area contributed by atoms with Crippen LogP contribution in [-0.4, -0.2) is 30.1 Å². The summed E-state index contributed by atoms with van der Waals surface area (Å²) in [6.07, 6.45) is 3.10. The van der Waals surface area contributed by atoms with Gasteiger partial charge in [-0.1, -0.05) is 17.7 Å². The van der Waals surface area contributed by atoms with Crippen LogP contribution in [0.2, 0.25) is 0 Å². The van der Waals surface area contributed by atoms with Gasteiger partial charge in [0.25, 0.3) is 0 Å². The van der Waals surface area contributed by atoms with Crippen molar-refractivity contribution in [2.45, 2.75) is 50.8 Å². The van der Waals surface area contributed by atoms with E-state index in [1.165, 1.54) is 11.1 Å². The van der Waals surface area contributed by atoms with E-state index >= 15 is 0 Å². The highest BCUT2D eigenvalue weighted by Crippen LogP contribution is 2.44. The molecule has 2 heterocycles. The molecule has 1 aromatic carbocycles. The van der Waals surface area contributed by atoms with E-state index in [0.29, 0.717) is 6.04 Å². The molecule has 3 rings (SSSR count). The van der Waals surface area contributed by atoms with Crippen molar-refractivity contribution in [2.75, 3.05) is 13.6 Å². The largest absolute Gasteiger partial charge is 0.487 e. The van der Waals surface area contributed by atoms with E-state index < -0.39 is 0 Å². The van der Waals surface area contributed by atoms with Crippen LogP contribution in [0.1, 0.15) is 43.4 Å². The number of nitrogens with zero attached hydrogens (tertiary/aromatic N) is 1. The van der Waals surface area contributed by atoms with Crippen LogP contribution in [0.4, 0.5) is 0 Å². The molecule has 104 valence electrons. The number of nitrogens with two attached hydrogens (primary N) is 1. The molecule has 3 unspecified atom stereocenters. The number of fused-ring (bicyclic) bond motifs is 1. The summed E-state index contributed by atoms with van der Waals surface area (Å²) >= 11 is 0. The Morgan fingerprint density at radius 2 is 2.16 bits per heavy atom. The first-order valence-corrected chi connectivity index (χ1v) is 7.24. The average molecular weight is 260 g/mol. The molecular formula is C16H24N2O. The molecular weight excluding hydrogens is 236 g/mol. The summed E-state index contributed by atoms with van der Waals surface area (Å²) in [5.41, 5.74) is 8.79. The second kappa shape index (κ2) is 4.50. The highest BCUT2D eigenvalue weighted by Gasteiger charge is 2.43. The molecule has 2 aliphatic heterocycles. The van der Waals surface area contributed by atoms with Gasteiger partial charge in [-0.25, -0.2) is 0 Å². The number of likely N-dealkylation sites (tertiary alicyclic amines) is 1. The quantitative estimate of drug-likeness (QED) is 0.779. The summed E-state index contributed by atoms with van der Waals surface area (Å²) in [5.74, 6) is 1.00. The minimum Gasteiger partial charge on any atom is -0.487 e. The zero-order chi connectivity index (χ0) is 13.6. The van der Waals surface area contributed by atoms with E-state index in [9.17, 15) is 0 Å². The molecule has 0 saturated carbocycles. The highest BCUT2D eigenvalue weighted by atomic mass is 16.5. The zero-order valence-corrected chi connectivity index (χ0v) is 12.1. The molecule has 0 amide bonds.